The van der Waals surface area contributed by atoms with E-state index < -0.39 is 0 Å². The molecule has 84 valence electrons. The third kappa shape index (κ3) is 6.06. The lowest BCUT2D eigenvalue weighted by atomic mass is 10.2. The Hall–Kier alpha value is -1.10. The maximum atomic E-state index is 10.0. The van der Waals surface area contributed by atoms with Crippen LogP contribution in [0, 0.1) is 6.92 Å². The van der Waals surface area contributed by atoms with Gasteiger partial charge in [-0.3, -0.25) is 4.79 Å². The number of carbonyl (C=O) groups excluding carboxylic acids is 1. The summed E-state index contributed by atoms with van der Waals surface area (Å²) < 4.78 is 0. The summed E-state index contributed by atoms with van der Waals surface area (Å²) >= 11 is 5.79. The number of carbonyl (C=O) groups is 1. The van der Waals surface area contributed by atoms with E-state index in [0.717, 1.165) is 5.56 Å². The van der Waals surface area contributed by atoms with Gasteiger partial charge < -0.3 is 15.5 Å². The number of aliphatic hydroxyl groups excluding tert-OH is 2. The third-order valence-corrected chi connectivity index (χ3v) is 1.75. The van der Waals surface area contributed by atoms with E-state index in [0.29, 0.717) is 17.1 Å². The van der Waals surface area contributed by atoms with Crippen LogP contribution in [-0.4, -0.2) is 29.8 Å². The van der Waals surface area contributed by atoms with Gasteiger partial charge in [-0.15, -0.1) is 0 Å². The van der Waals surface area contributed by atoms with Gasteiger partial charge in [-0.25, -0.2) is 0 Å². The Kier molecular flexibility index (Phi) is 7.62. The van der Waals surface area contributed by atoms with Crippen LogP contribution >= 0.6 is 11.6 Å². The van der Waals surface area contributed by atoms with Gasteiger partial charge in [0.25, 0.3) is 0 Å². The molecule has 0 aliphatic rings. The molecule has 0 bridgehead atoms. The first-order valence-corrected chi connectivity index (χ1v) is 4.71. The zero-order chi connectivity index (χ0) is 11.7. The number of aryl methyl sites for hydroxylation is 1. The lowest BCUT2D eigenvalue weighted by molar-refractivity contribution is -0.105. The highest BCUT2D eigenvalue weighted by atomic mass is 35.5. The zero-order valence-electron chi connectivity index (χ0n) is 8.40. The minimum atomic E-state index is -0.125. The van der Waals surface area contributed by atoms with Gasteiger partial charge in [0.1, 0.15) is 0 Å². The molecule has 0 spiro atoms. The van der Waals surface area contributed by atoms with E-state index in [1.165, 1.54) is 0 Å². The van der Waals surface area contributed by atoms with Crippen molar-refractivity contribution in [2.45, 2.75) is 6.92 Å². The smallest absolute Gasteiger partial charge is 0.211 e. The molecule has 0 saturated carbocycles. The van der Waals surface area contributed by atoms with Crippen LogP contribution in [-0.2, 0) is 4.79 Å². The number of benzene rings is 1. The average Bonchev–Trinajstić information content (AvgIpc) is 2.23. The van der Waals surface area contributed by atoms with E-state index in [9.17, 15) is 4.79 Å². The minimum absolute atomic E-state index is 0.125. The van der Waals surface area contributed by atoms with E-state index in [4.69, 9.17) is 21.8 Å². The van der Waals surface area contributed by atoms with Gasteiger partial charge in [0, 0.05) is 0 Å². The molecule has 3 N–H and O–H groups in total. The first-order valence-electron chi connectivity index (χ1n) is 4.33. The van der Waals surface area contributed by atoms with Crippen LogP contribution in [0.2, 0.25) is 5.02 Å². The van der Waals surface area contributed by atoms with Gasteiger partial charge in [0.2, 0.25) is 6.41 Å². The fourth-order valence-corrected chi connectivity index (χ4v) is 1.09. The van der Waals surface area contributed by atoms with Gasteiger partial charge in [0.15, 0.2) is 0 Å². The molecule has 1 aromatic rings. The van der Waals surface area contributed by atoms with E-state index in [2.05, 4.69) is 5.32 Å². The average molecular weight is 232 g/mol. The molecule has 0 saturated heterocycles. The van der Waals surface area contributed by atoms with E-state index in [-0.39, 0.29) is 13.2 Å². The molecule has 0 radical (unpaired) electrons. The molecule has 0 unspecified atom stereocenters. The van der Waals surface area contributed by atoms with Gasteiger partial charge >= 0.3 is 0 Å². The van der Waals surface area contributed by atoms with E-state index >= 15 is 0 Å². The van der Waals surface area contributed by atoms with Crippen molar-refractivity contribution in [2.24, 2.45) is 0 Å². The molecule has 0 fully saturated rings. The SMILES string of the molecule is Cc1ccc(NC=O)c(Cl)c1.OCCO. The molecule has 0 aliphatic carbocycles. The normalized spacial score (nSPS) is 8.80. The van der Waals surface area contributed by atoms with Crippen molar-refractivity contribution in [3.05, 3.63) is 28.8 Å². The quantitative estimate of drug-likeness (QED) is 0.685. The summed E-state index contributed by atoms with van der Waals surface area (Å²) in [7, 11) is 0. The van der Waals surface area contributed by atoms with Crippen molar-refractivity contribution in [1.82, 2.24) is 0 Å². The first-order chi connectivity index (χ1) is 7.15. The molecule has 1 rings (SSSR count). The highest BCUT2D eigenvalue weighted by Gasteiger charge is 1.96. The van der Waals surface area contributed by atoms with Crippen LogP contribution < -0.4 is 5.32 Å². The summed E-state index contributed by atoms with van der Waals surface area (Å²) in [6, 6.07) is 5.46. The standard InChI is InChI=1S/C8H8ClNO.C2H6O2/c1-6-2-3-8(10-5-11)7(9)4-6;3-1-2-4/h2-5H,1H3,(H,10,11);3-4H,1-2H2. The lowest BCUT2D eigenvalue weighted by Crippen LogP contribution is -1.94. The molecule has 0 aromatic heterocycles. The highest BCUT2D eigenvalue weighted by Crippen LogP contribution is 2.21. The Morgan fingerprint density at radius 1 is 1.40 bits per heavy atom. The van der Waals surface area contributed by atoms with Gasteiger partial charge in [-0.2, -0.15) is 0 Å². The number of nitrogens with one attached hydrogen (secondary N) is 1. The van der Waals surface area contributed by atoms with Gasteiger partial charge in [-0.1, -0.05) is 17.7 Å². The summed E-state index contributed by atoms with van der Waals surface area (Å²) in [5.74, 6) is 0. The summed E-state index contributed by atoms with van der Waals surface area (Å²) in [6.45, 7) is 1.69. The number of halogens is 1. The molecular weight excluding hydrogens is 218 g/mol. The Labute approximate surface area is 93.5 Å². The van der Waals surface area contributed by atoms with E-state index in [1.807, 2.05) is 13.0 Å². The number of amides is 1. The molecule has 4 nitrogen and oxygen atoms in total. The van der Waals surface area contributed by atoms with Crippen molar-refractivity contribution >= 4 is 23.7 Å². The Morgan fingerprint density at radius 3 is 2.40 bits per heavy atom. The van der Waals surface area contributed by atoms with Crippen molar-refractivity contribution < 1.29 is 15.0 Å². The number of anilines is 1. The van der Waals surface area contributed by atoms with Crippen molar-refractivity contribution in [1.29, 1.82) is 0 Å². The van der Waals surface area contributed by atoms with Crippen LogP contribution in [0.1, 0.15) is 5.56 Å². The molecule has 0 atom stereocenters. The van der Waals surface area contributed by atoms with Crippen molar-refractivity contribution in [2.75, 3.05) is 18.5 Å². The number of rotatable bonds is 3. The zero-order valence-corrected chi connectivity index (χ0v) is 9.16. The van der Waals surface area contributed by atoms with Crippen molar-refractivity contribution in [3.63, 3.8) is 0 Å². The van der Waals surface area contributed by atoms with Gasteiger partial charge in [-0.05, 0) is 24.6 Å². The number of hydrogen-bond donors (Lipinski definition) is 3. The lowest BCUT2D eigenvalue weighted by Gasteiger charge is -2.01. The van der Waals surface area contributed by atoms with Crippen LogP contribution in [0.25, 0.3) is 0 Å². The maximum Gasteiger partial charge on any atom is 0.211 e. The summed E-state index contributed by atoms with van der Waals surface area (Å²) in [5, 5.41) is 18.3. The Bertz CT molecular complexity index is 303. The fraction of sp³-hybridized carbons (Fsp3) is 0.300. The summed E-state index contributed by atoms with van der Waals surface area (Å²) in [6.07, 6.45) is 0.608. The second-order valence-electron chi connectivity index (χ2n) is 2.69. The molecule has 1 aromatic carbocycles. The van der Waals surface area contributed by atoms with Crippen molar-refractivity contribution in [3.8, 4) is 0 Å². The maximum absolute atomic E-state index is 10.0. The van der Waals surface area contributed by atoms with Gasteiger partial charge in [0.05, 0.1) is 23.9 Å². The molecule has 15 heavy (non-hydrogen) atoms. The first kappa shape index (κ1) is 13.9. The van der Waals surface area contributed by atoms with Crippen LogP contribution in [0.3, 0.4) is 0 Å². The Balaban J connectivity index is 0.000000423. The van der Waals surface area contributed by atoms with E-state index in [1.54, 1.807) is 12.1 Å². The van der Waals surface area contributed by atoms with Crippen LogP contribution in [0.15, 0.2) is 18.2 Å². The largest absolute Gasteiger partial charge is 0.394 e. The topological polar surface area (TPSA) is 69.6 Å². The highest BCUT2D eigenvalue weighted by molar-refractivity contribution is 6.33. The van der Waals surface area contributed by atoms with Crippen LogP contribution in [0.4, 0.5) is 5.69 Å². The summed E-state index contributed by atoms with van der Waals surface area (Å²) in [4.78, 5) is 10.0. The second kappa shape index (κ2) is 8.23. The Morgan fingerprint density at radius 2 is 2.00 bits per heavy atom. The number of hydrogen-bond acceptors (Lipinski definition) is 3. The molecular formula is C10H14ClNO3. The monoisotopic (exact) mass is 231 g/mol. The van der Waals surface area contributed by atoms with Crippen LogP contribution in [0.5, 0.6) is 0 Å². The third-order valence-electron chi connectivity index (χ3n) is 1.44. The predicted octanol–water partition coefficient (Wildman–Crippen LogP) is 1.19. The number of aliphatic hydroxyl groups is 2. The molecule has 0 heterocycles. The fourth-order valence-electron chi connectivity index (χ4n) is 0.801. The minimum Gasteiger partial charge on any atom is -0.394 e. The second-order valence-corrected chi connectivity index (χ2v) is 3.10. The predicted molar refractivity (Wildman–Crippen MR) is 60.0 cm³/mol. The molecule has 1 amide bonds. The molecule has 0 aliphatic heterocycles. The molecule has 5 heteroatoms. The summed E-state index contributed by atoms with van der Waals surface area (Å²) in [5.41, 5.74) is 1.72.